The van der Waals surface area contributed by atoms with Gasteiger partial charge in [-0.15, -0.1) is 0 Å². The first-order valence-corrected chi connectivity index (χ1v) is 35.3. The number of H-pyrrole nitrogens is 4. The van der Waals surface area contributed by atoms with Crippen LogP contribution in [-0.4, -0.2) is 181 Å². The molecular formula is C74H98N20O12. The molecule has 0 radical (unpaired) electrons. The minimum atomic E-state index is -1.76. The highest BCUT2D eigenvalue weighted by molar-refractivity contribution is 6.00. The molecule has 106 heavy (non-hydrogen) atoms. The van der Waals surface area contributed by atoms with E-state index >= 15 is 4.79 Å². The molecular weight excluding hydrogens is 1360 g/mol. The van der Waals surface area contributed by atoms with Crippen molar-refractivity contribution in [3.05, 3.63) is 144 Å². The lowest BCUT2D eigenvalue weighted by Gasteiger charge is -2.29. The average molecular weight is 1460 g/mol. The van der Waals surface area contributed by atoms with Crippen LogP contribution >= 0.6 is 0 Å². The molecule has 0 bridgehead atoms. The molecule has 32 nitrogen and oxygen atoms in total. The number of fused-ring (bicyclic) bond motifs is 4. The first-order valence-electron chi connectivity index (χ1n) is 35.3. The highest BCUT2D eigenvalue weighted by Crippen LogP contribution is 2.25. The molecule has 0 spiro atoms. The van der Waals surface area contributed by atoms with Gasteiger partial charge < -0.3 is 106 Å². The lowest BCUT2D eigenvalue weighted by Crippen LogP contribution is -2.61. The SMILES string of the molecule is CC(C)C[C@H](NC(=O)[C@H](CO)NC(=O)[C@H](CC(C)C)NC(=O)[C@H](CCCNC(=N)N)NC(=O)[C@H](Cc1c[nH]c2ccccc12)NC(=O)[C@H](Cc1c[nH]c2ccccc12)NC(=O)[C@H](C)N)C(=O)N[C@@H](CCCNC(=N)N)C(=O)N[C@@H](Cc1c[nH]c2ccccc12)C(=O)N[C@@H](Cc1c[nH]c2ccccc12)C(=O)O. The predicted molar refractivity (Wildman–Crippen MR) is 401 cm³/mol. The van der Waals surface area contributed by atoms with E-state index in [2.05, 4.69) is 78.4 Å². The maximum Gasteiger partial charge on any atom is 0.326 e. The molecule has 0 fully saturated rings. The zero-order chi connectivity index (χ0) is 76.7. The summed E-state index contributed by atoms with van der Waals surface area (Å²) in [5.41, 5.74) is 22.7. The summed E-state index contributed by atoms with van der Waals surface area (Å²) in [4.78, 5) is 156. The Kier molecular flexibility index (Phi) is 28.7. The van der Waals surface area contributed by atoms with Crippen LogP contribution in [0.2, 0.25) is 0 Å². The Morgan fingerprint density at radius 1 is 0.377 bits per heavy atom. The molecule has 0 saturated heterocycles. The summed E-state index contributed by atoms with van der Waals surface area (Å²) < 4.78 is 0. The van der Waals surface area contributed by atoms with E-state index in [-0.39, 0.29) is 101 Å². The van der Waals surface area contributed by atoms with E-state index in [9.17, 15) is 53.4 Å². The number of hydrogen-bond acceptors (Lipinski definition) is 14. The largest absolute Gasteiger partial charge is 0.480 e. The first-order chi connectivity index (χ1) is 50.7. The number of aromatic nitrogens is 4. The topological polar surface area (TPSA) is 532 Å². The number of carboxylic acids is 1. The van der Waals surface area contributed by atoms with Gasteiger partial charge in [-0.2, -0.15) is 0 Å². The van der Waals surface area contributed by atoms with E-state index in [1.807, 2.05) is 78.9 Å². The van der Waals surface area contributed by atoms with Gasteiger partial charge in [0.05, 0.1) is 12.6 Å². The van der Waals surface area contributed by atoms with Gasteiger partial charge in [-0.1, -0.05) is 100 Å². The number of benzene rings is 4. The van der Waals surface area contributed by atoms with Crippen molar-refractivity contribution in [2.45, 2.75) is 159 Å². The van der Waals surface area contributed by atoms with Gasteiger partial charge in [-0.3, -0.25) is 54.0 Å². The smallest absolute Gasteiger partial charge is 0.326 e. The zero-order valence-electron chi connectivity index (χ0n) is 59.9. The Hall–Kier alpha value is -11.8. The molecule has 9 amide bonds. The van der Waals surface area contributed by atoms with Crippen LogP contribution in [0.1, 0.15) is 95.4 Å². The number of aliphatic hydroxyl groups excluding tert-OH is 1. The monoisotopic (exact) mass is 1460 g/mol. The summed E-state index contributed by atoms with van der Waals surface area (Å²) in [6, 6.07) is 15.1. The number of rotatable bonds is 40. The summed E-state index contributed by atoms with van der Waals surface area (Å²) in [6.07, 6.45) is 6.23. The third-order valence-electron chi connectivity index (χ3n) is 18.1. The van der Waals surface area contributed by atoms with Crippen molar-refractivity contribution in [3.8, 4) is 0 Å². The molecule has 0 aliphatic heterocycles. The van der Waals surface area contributed by atoms with Crippen molar-refractivity contribution < 1.29 is 58.2 Å². The fourth-order valence-corrected chi connectivity index (χ4v) is 12.6. The van der Waals surface area contributed by atoms with Crippen LogP contribution in [0.5, 0.6) is 0 Å². The number of carbonyl (C=O) groups is 10. The summed E-state index contributed by atoms with van der Waals surface area (Å²) in [5, 5.41) is 69.4. The molecule has 4 heterocycles. The van der Waals surface area contributed by atoms with Crippen LogP contribution in [-0.2, 0) is 73.6 Å². The minimum Gasteiger partial charge on any atom is -0.480 e. The van der Waals surface area contributed by atoms with Gasteiger partial charge in [0.25, 0.3) is 0 Å². The van der Waals surface area contributed by atoms with Gasteiger partial charge in [0.1, 0.15) is 54.4 Å². The van der Waals surface area contributed by atoms with Gasteiger partial charge >= 0.3 is 5.97 Å². The average Bonchev–Trinajstić information content (AvgIpc) is 1.64. The third-order valence-corrected chi connectivity index (χ3v) is 18.1. The second-order valence-electron chi connectivity index (χ2n) is 27.3. The zero-order valence-corrected chi connectivity index (χ0v) is 59.9. The summed E-state index contributed by atoms with van der Waals surface area (Å²) in [5.74, 6) is -10.4. The second kappa shape index (κ2) is 38.1. The molecule has 32 heteroatoms. The lowest BCUT2D eigenvalue weighted by atomic mass is 10.00. The normalized spacial score (nSPS) is 14.3. The number of hydrogen-bond donors (Lipinski definition) is 22. The molecule has 0 unspecified atom stereocenters. The Morgan fingerprint density at radius 3 is 0.934 bits per heavy atom. The Balaban J connectivity index is 0.999. The van der Waals surface area contributed by atoms with Gasteiger partial charge in [-0.25, -0.2) is 4.79 Å². The number of para-hydroxylation sites is 4. The van der Waals surface area contributed by atoms with Gasteiger partial charge in [0.15, 0.2) is 11.9 Å². The van der Waals surface area contributed by atoms with E-state index in [0.717, 1.165) is 43.6 Å². The van der Waals surface area contributed by atoms with E-state index < -0.39 is 126 Å². The van der Waals surface area contributed by atoms with Crippen molar-refractivity contribution in [1.82, 2.24) is 78.4 Å². The van der Waals surface area contributed by atoms with Crippen molar-refractivity contribution in [3.63, 3.8) is 0 Å². The van der Waals surface area contributed by atoms with Gasteiger partial charge in [-0.05, 0) is 104 Å². The fourth-order valence-electron chi connectivity index (χ4n) is 12.6. The molecule has 0 aliphatic carbocycles. The maximum atomic E-state index is 15.0. The van der Waals surface area contributed by atoms with Crippen molar-refractivity contribution in [2.24, 2.45) is 29.0 Å². The van der Waals surface area contributed by atoms with Gasteiger partial charge in [0.2, 0.25) is 53.2 Å². The predicted octanol–water partition coefficient (Wildman–Crippen LogP) is 1.29. The van der Waals surface area contributed by atoms with E-state index in [1.54, 1.807) is 70.7 Å². The van der Waals surface area contributed by atoms with E-state index in [1.165, 1.54) is 6.92 Å². The molecule has 566 valence electrons. The Bertz CT molecular complexity index is 4420. The van der Waals surface area contributed by atoms with Crippen LogP contribution in [0.4, 0.5) is 0 Å². The molecule has 8 aromatic rings. The first kappa shape index (κ1) is 79.9. The number of guanidine groups is 2. The maximum absolute atomic E-state index is 15.0. The van der Waals surface area contributed by atoms with E-state index in [0.29, 0.717) is 22.3 Å². The van der Waals surface area contributed by atoms with Crippen LogP contribution in [0, 0.1) is 22.7 Å². The third kappa shape index (κ3) is 22.6. The molecule has 4 aromatic carbocycles. The summed E-state index contributed by atoms with van der Waals surface area (Å²) in [7, 11) is 0. The second-order valence-corrected chi connectivity index (χ2v) is 27.3. The Morgan fingerprint density at radius 2 is 0.632 bits per heavy atom. The standard InChI is InChI=1S/C74H98N20O12/c1-39(2)28-56(66(99)86-55(25-15-27-81-74(78)79)65(98)91-60(32-44-36-84-52-22-12-8-18-48(44)52)70(103)93-61(72(105)106)33-45-37-85-53-23-13-9-19-49(45)53)90-71(104)62(38-95)94-67(100)57(29-40(3)4)89-64(97)54(24-14-26-80-73(76)77)87-68(101)59(31-43-35-83-51-21-11-7-17-47(43)51)92-69(102)58(88-63(96)41(5)75)30-42-34-82-50-20-10-6-16-46(42)50/h6-13,16-23,34-37,39-41,54-62,82-85,95H,14-15,24-33,38,75H2,1-5H3,(H,86,99)(H,87,101)(H,88,96)(H,89,97)(H,90,104)(H,91,98)(H,92,102)(H,93,103)(H,94,100)(H,105,106)(H4,76,77,80)(H4,78,79,81)/t41-,54-,55-,56-,57-,58-,59-,60-,61-,62-/m0/s1. The van der Waals surface area contributed by atoms with Crippen molar-refractivity contribution in [1.29, 1.82) is 10.8 Å². The van der Waals surface area contributed by atoms with Crippen LogP contribution < -0.4 is 75.7 Å². The quantitative estimate of drug-likeness (QED) is 0.0146. The minimum absolute atomic E-state index is 0.0196. The summed E-state index contributed by atoms with van der Waals surface area (Å²) >= 11 is 0. The van der Waals surface area contributed by atoms with Crippen LogP contribution in [0.25, 0.3) is 43.6 Å². The molecule has 25 N–H and O–H groups in total. The number of amides is 9. The summed E-state index contributed by atoms with van der Waals surface area (Å²) in [6.45, 7) is 7.63. The number of aliphatic carboxylic acids is 1. The highest BCUT2D eigenvalue weighted by atomic mass is 16.4. The fraction of sp³-hybridized carbons (Fsp3) is 0.405. The van der Waals surface area contributed by atoms with Crippen molar-refractivity contribution >= 4 is 115 Å². The van der Waals surface area contributed by atoms with Crippen LogP contribution in [0.3, 0.4) is 0 Å². The molecule has 0 aliphatic rings. The van der Waals surface area contributed by atoms with Crippen molar-refractivity contribution in [2.75, 3.05) is 19.7 Å². The number of carbonyl (C=O) groups excluding carboxylic acids is 9. The molecule has 0 saturated carbocycles. The highest BCUT2D eigenvalue weighted by Gasteiger charge is 2.37. The molecule has 4 aromatic heterocycles. The lowest BCUT2D eigenvalue weighted by molar-refractivity contribution is -0.142. The molecule has 10 atom stereocenters. The van der Waals surface area contributed by atoms with Gasteiger partial charge in [0, 0.05) is 107 Å². The number of nitrogens with one attached hydrogen (secondary N) is 17. The van der Waals surface area contributed by atoms with E-state index in [4.69, 9.17) is 28.0 Å². The number of nitrogens with two attached hydrogens (primary N) is 3. The number of carboxylic acid groups (broad SMARTS) is 1. The number of aromatic amines is 4. The number of aliphatic hydroxyl groups is 1. The van der Waals surface area contributed by atoms with Crippen LogP contribution in [0.15, 0.2) is 122 Å². The molecule has 8 rings (SSSR count). The Labute approximate surface area is 611 Å².